The maximum Gasteiger partial charge on any atom is 0.282 e. The number of H-pyrrole nitrogens is 1. The summed E-state index contributed by atoms with van der Waals surface area (Å²) in [6.45, 7) is 13.1. The van der Waals surface area contributed by atoms with Crippen molar-refractivity contribution < 1.29 is 4.57 Å². The Hall–Kier alpha value is -0.860. The predicted octanol–water partition coefficient (Wildman–Crippen LogP) is 1.83. The van der Waals surface area contributed by atoms with Gasteiger partial charge in [-0.15, -0.1) is 5.10 Å². The topological polar surface area (TPSA) is 32.6 Å². The minimum absolute atomic E-state index is 0.0920. The van der Waals surface area contributed by atoms with Crippen LogP contribution in [-0.4, -0.2) is 10.2 Å². The number of aromatic nitrogens is 3. The Morgan fingerprint density at radius 3 is 1.71 bits per heavy atom. The number of hydrogen-bond donors (Lipinski definition) is 1. The lowest BCUT2D eigenvalue weighted by molar-refractivity contribution is -0.693. The highest BCUT2D eigenvalue weighted by atomic mass is 15.3. The smallest absolute Gasteiger partial charge is 0.234 e. The predicted molar refractivity (Wildman–Crippen MR) is 57.2 cm³/mol. The molecule has 0 aromatic carbocycles. The fourth-order valence-electron chi connectivity index (χ4n) is 1.70. The first kappa shape index (κ1) is 11.2. The molecule has 0 aliphatic carbocycles. The van der Waals surface area contributed by atoms with Gasteiger partial charge >= 0.3 is 0 Å². The third kappa shape index (κ3) is 1.97. The quantitative estimate of drug-likeness (QED) is 0.631. The fourth-order valence-corrected chi connectivity index (χ4v) is 1.70. The van der Waals surface area contributed by atoms with Crippen molar-refractivity contribution in [2.24, 2.45) is 7.05 Å². The number of rotatable bonds is 0. The number of hydrogen-bond acceptors (Lipinski definition) is 1. The van der Waals surface area contributed by atoms with Crippen LogP contribution in [0.2, 0.25) is 0 Å². The zero-order valence-electron chi connectivity index (χ0n) is 10.4. The SMILES string of the molecule is C[n+]1c(C(C)(C)C)n[nH]c1C(C)(C)C. The summed E-state index contributed by atoms with van der Waals surface area (Å²) in [7, 11) is 2.07. The van der Waals surface area contributed by atoms with Crippen molar-refractivity contribution in [2.45, 2.75) is 52.4 Å². The molecule has 1 rings (SSSR count). The molecule has 0 bridgehead atoms. The Kier molecular flexibility index (Phi) is 2.46. The van der Waals surface area contributed by atoms with Crippen LogP contribution in [0.1, 0.15) is 53.2 Å². The molecule has 0 amide bonds. The molecule has 0 saturated carbocycles. The van der Waals surface area contributed by atoms with Crippen LogP contribution < -0.4 is 4.57 Å². The minimum atomic E-state index is 0.0920. The van der Waals surface area contributed by atoms with Gasteiger partial charge in [0.25, 0.3) is 5.82 Å². The van der Waals surface area contributed by atoms with Crippen LogP contribution in [0.5, 0.6) is 0 Å². The van der Waals surface area contributed by atoms with E-state index in [1.807, 2.05) is 0 Å². The minimum Gasteiger partial charge on any atom is -0.234 e. The van der Waals surface area contributed by atoms with E-state index in [4.69, 9.17) is 0 Å². The summed E-state index contributed by atoms with van der Waals surface area (Å²) < 4.78 is 2.17. The van der Waals surface area contributed by atoms with Crippen LogP contribution in [-0.2, 0) is 17.9 Å². The van der Waals surface area contributed by atoms with E-state index >= 15 is 0 Å². The van der Waals surface area contributed by atoms with E-state index < -0.39 is 0 Å². The zero-order chi connectivity index (χ0) is 11.1. The van der Waals surface area contributed by atoms with Crippen molar-refractivity contribution in [3.05, 3.63) is 11.6 Å². The summed E-state index contributed by atoms with van der Waals surface area (Å²) in [6.07, 6.45) is 0. The summed E-state index contributed by atoms with van der Waals surface area (Å²) in [4.78, 5) is 0. The van der Waals surface area contributed by atoms with Crippen LogP contribution in [0.3, 0.4) is 0 Å². The Labute approximate surface area is 86.5 Å². The molecule has 0 unspecified atom stereocenters. The van der Waals surface area contributed by atoms with E-state index in [9.17, 15) is 0 Å². The standard InChI is InChI=1S/C11H21N3/c1-10(2,3)8-12-13-9(14(8)7)11(4,5)6/h1-7H3/p+1. The molecular weight excluding hydrogens is 174 g/mol. The van der Waals surface area contributed by atoms with Crippen LogP contribution in [0.4, 0.5) is 0 Å². The van der Waals surface area contributed by atoms with Crippen molar-refractivity contribution in [3.63, 3.8) is 0 Å². The average Bonchev–Trinajstić information content (AvgIpc) is 2.26. The van der Waals surface area contributed by atoms with Gasteiger partial charge in [0, 0.05) is 5.10 Å². The summed E-state index contributed by atoms with van der Waals surface area (Å²) in [5.41, 5.74) is 0.208. The van der Waals surface area contributed by atoms with E-state index in [1.165, 1.54) is 5.82 Å². The van der Waals surface area contributed by atoms with Crippen molar-refractivity contribution in [1.29, 1.82) is 0 Å². The van der Waals surface area contributed by atoms with E-state index in [1.54, 1.807) is 0 Å². The fraction of sp³-hybridized carbons (Fsp3) is 0.818. The summed E-state index contributed by atoms with van der Waals surface area (Å²) in [5.74, 6) is 2.27. The van der Waals surface area contributed by atoms with Crippen LogP contribution in [0.15, 0.2) is 0 Å². The second-order valence-electron chi connectivity index (χ2n) is 5.95. The van der Waals surface area contributed by atoms with Crippen molar-refractivity contribution >= 4 is 0 Å². The Balaban J connectivity index is 3.23. The lowest BCUT2D eigenvalue weighted by atomic mass is 9.93. The van der Waals surface area contributed by atoms with E-state index in [2.05, 4.69) is 63.4 Å². The van der Waals surface area contributed by atoms with Gasteiger partial charge in [0.1, 0.15) is 0 Å². The molecule has 0 spiro atoms. The first-order chi connectivity index (χ1) is 6.14. The van der Waals surface area contributed by atoms with Gasteiger partial charge in [-0.3, -0.25) is 0 Å². The number of aromatic amines is 1. The Morgan fingerprint density at radius 1 is 1.00 bits per heavy atom. The number of nitrogens with one attached hydrogen (secondary N) is 1. The molecule has 3 heteroatoms. The summed E-state index contributed by atoms with van der Waals surface area (Å²) in [5, 5.41) is 7.52. The van der Waals surface area contributed by atoms with Gasteiger partial charge in [0.15, 0.2) is 0 Å². The largest absolute Gasteiger partial charge is 0.282 e. The first-order valence-corrected chi connectivity index (χ1v) is 5.09. The Bertz CT molecular complexity index is 292. The maximum absolute atomic E-state index is 4.39. The highest BCUT2D eigenvalue weighted by Crippen LogP contribution is 2.20. The molecule has 1 aromatic rings. The molecule has 1 heterocycles. The van der Waals surface area contributed by atoms with E-state index in [0.29, 0.717) is 0 Å². The van der Waals surface area contributed by atoms with Crippen LogP contribution in [0, 0.1) is 0 Å². The average molecular weight is 196 g/mol. The third-order valence-electron chi connectivity index (χ3n) is 2.30. The normalized spacial score (nSPS) is 13.4. The summed E-state index contributed by atoms with van der Waals surface area (Å²) >= 11 is 0. The molecule has 1 N–H and O–H groups in total. The van der Waals surface area contributed by atoms with Crippen LogP contribution in [0.25, 0.3) is 0 Å². The summed E-state index contributed by atoms with van der Waals surface area (Å²) in [6, 6.07) is 0. The highest BCUT2D eigenvalue weighted by Gasteiger charge is 2.33. The van der Waals surface area contributed by atoms with Gasteiger partial charge in [-0.05, 0) is 20.8 Å². The molecule has 0 aliphatic rings. The van der Waals surface area contributed by atoms with Crippen molar-refractivity contribution in [2.75, 3.05) is 0 Å². The second kappa shape index (κ2) is 3.07. The first-order valence-electron chi connectivity index (χ1n) is 5.09. The van der Waals surface area contributed by atoms with Gasteiger partial charge in [-0.2, -0.15) is 0 Å². The van der Waals surface area contributed by atoms with E-state index in [0.717, 1.165) is 5.82 Å². The molecule has 0 radical (unpaired) electrons. The van der Waals surface area contributed by atoms with Crippen molar-refractivity contribution in [3.8, 4) is 0 Å². The molecule has 3 nitrogen and oxygen atoms in total. The second-order valence-corrected chi connectivity index (χ2v) is 5.95. The number of nitrogens with zero attached hydrogens (tertiary/aromatic N) is 2. The highest BCUT2D eigenvalue weighted by molar-refractivity contribution is 4.99. The van der Waals surface area contributed by atoms with Gasteiger partial charge in [-0.25, -0.2) is 4.57 Å². The van der Waals surface area contributed by atoms with Crippen molar-refractivity contribution in [1.82, 2.24) is 10.2 Å². The molecule has 0 atom stereocenters. The lowest BCUT2D eigenvalue weighted by Gasteiger charge is -2.15. The van der Waals surface area contributed by atoms with Gasteiger partial charge < -0.3 is 0 Å². The molecule has 0 saturated heterocycles. The molecule has 80 valence electrons. The monoisotopic (exact) mass is 196 g/mol. The third-order valence-corrected chi connectivity index (χ3v) is 2.30. The molecule has 1 aromatic heterocycles. The van der Waals surface area contributed by atoms with Gasteiger partial charge in [0.05, 0.1) is 17.9 Å². The maximum atomic E-state index is 4.39. The van der Waals surface area contributed by atoms with Gasteiger partial charge in [0.2, 0.25) is 5.82 Å². The zero-order valence-corrected chi connectivity index (χ0v) is 10.4. The molecule has 14 heavy (non-hydrogen) atoms. The van der Waals surface area contributed by atoms with E-state index in [-0.39, 0.29) is 10.8 Å². The molecule has 0 aliphatic heterocycles. The lowest BCUT2D eigenvalue weighted by Crippen LogP contribution is -2.44. The van der Waals surface area contributed by atoms with Gasteiger partial charge in [-0.1, -0.05) is 20.8 Å². The molecular formula is C11H22N3+. The molecule has 0 fully saturated rings. The Morgan fingerprint density at radius 2 is 1.50 bits per heavy atom. The van der Waals surface area contributed by atoms with Crippen LogP contribution >= 0.6 is 0 Å².